The van der Waals surface area contributed by atoms with Gasteiger partial charge in [-0.3, -0.25) is 0 Å². The maximum atomic E-state index is 5.32. The summed E-state index contributed by atoms with van der Waals surface area (Å²) in [4.78, 5) is 0. The first kappa shape index (κ1) is 20.2. The minimum absolute atomic E-state index is 0.827. The Balaban J connectivity index is 0. The first-order valence-corrected chi connectivity index (χ1v) is 8.09. The van der Waals surface area contributed by atoms with E-state index in [2.05, 4.69) is 33.0 Å². The molecule has 0 fully saturated rings. The van der Waals surface area contributed by atoms with Crippen molar-refractivity contribution in [3.05, 3.63) is 0 Å². The van der Waals surface area contributed by atoms with E-state index >= 15 is 0 Å². The normalized spacial score (nSPS) is 10.3. The topological polar surface area (TPSA) is 38.0 Å². The van der Waals surface area contributed by atoms with Crippen LogP contribution in [0, 0.1) is 5.92 Å². The van der Waals surface area contributed by atoms with E-state index in [1.165, 1.54) is 44.9 Å². The van der Waals surface area contributed by atoms with Crippen LogP contribution < -0.4 is 11.1 Å². The maximum absolute atomic E-state index is 5.32. The fourth-order valence-corrected chi connectivity index (χ4v) is 1.68. The van der Waals surface area contributed by atoms with Gasteiger partial charge in [0.25, 0.3) is 0 Å². The molecule has 0 heterocycles. The van der Waals surface area contributed by atoms with E-state index in [1.54, 1.807) is 0 Å². The molecule has 0 unspecified atom stereocenters. The van der Waals surface area contributed by atoms with Crippen LogP contribution in [-0.4, -0.2) is 19.6 Å². The number of hydrogen-bond acceptors (Lipinski definition) is 2. The third kappa shape index (κ3) is 24.9. The second-order valence-corrected chi connectivity index (χ2v) is 5.49. The summed E-state index contributed by atoms with van der Waals surface area (Å²) in [7, 11) is 0. The fourth-order valence-electron chi connectivity index (χ4n) is 1.68. The largest absolute Gasteiger partial charge is 0.330 e. The first-order chi connectivity index (χ1) is 8.68. The lowest BCUT2D eigenvalue weighted by atomic mass is 10.1. The van der Waals surface area contributed by atoms with Crippen LogP contribution in [0.3, 0.4) is 0 Å². The Bertz CT molecular complexity index is 118. The molecule has 0 aromatic rings. The summed E-state index contributed by atoms with van der Waals surface area (Å²) in [5, 5.41) is 3.31. The molecule has 0 radical (unpaired) electrons. The molecular weight excluding hydrogens is 220 g/mol. The summed E-state index contributed by atoms with van der Waals surface area (Å²) in [6, 6.07) is 0. The highest BCUT2D eigenvalue weighted by Gasteiger charge is 1.91. The summed E-state index contributed by atoms with van der Waals surface area (Å²) in [6.07, 6.45) is 10.7. The highest BCUT2D eigenvalue weighted by Crippen LogP contribution is 2.08. The Hall–Kier alpha value is -0.0800. The average molecular weight is 258 g/mol. The lowest BCUT2D eigenvalue weighted by molar-refractivity contribution is 0.525. The van der Waals surface area contributed by atoms with Crippen LogP contribution in [0.2, 0.25) is 0 Å². The van der Waals surface area contributed by atoms with Crippen molar-refractivity contribution >= 4 is 0 Å². The minimum Gasteiger partial charge on any atom is -0.330 e. The van der Waals surface area contributed by atoms with Crippen molar-refractivity contribution in [3.63, 3.8) is 0 Å². The zero-order valence-electron chi connectivity index (χ0n) is 13.4. The summed E-state index contributed by atoms with van der Waals surface area (Å²) in [5.41, 5.74) is 5.32. The molecule has 0 saturated carbocycles. The highest BCUT2D eigenvalue weighted by molar-refractivity contribution is 4.47. The Labute approximate surface area is 116 Å². The Morgan fingerprint density at radius 2 is 1.56 bits per heavy atom. The van der Waals surface area contributed by atoms with E-state index in [0.717, 1.165) is 32.0 Å². The molecule has 0 rings (SSSR count). The van der Waals surface area contributed by atoms with Crippen LogP contribution in [-0.2, 0) is 0 Å². The van der Waals surface area contributed by atoms with Gasteiger partial charge in [0.1, 0.15) is 0 Å². The molecule has 2 heteroatoms. The van der Waals surface area contributed by atoms with Crippen LogP contribution in [0.1, 0.15) is 79.1 Å². The van der Waals surface area contributed by atoms with Gasteiger partial charge in [0.15, 0.2) is 0 Å². The van der Waals surface area contributed by atoms with Gasteiger partial charge in [0, 0.05) is 0 Å². The molecule has 0 aromatic heterocycles. The minimum atomic E-state index is 0.827. The van der Waals surface area contributed by atoms with Crippen molar-refractivity contribution < 1.29 is 0 Å². The van der Waals surface area contributed by atoms with Gasteiger partial charge in [0.05, 0.1) is 0 Å². The molecule has 112 valence electrons. The summed E-state index contributed by atoms with van der Waals surface area (Å²) >= 11 is 0. The van der Waals surface area contributed by atoms with E-state index in [4.69, 9.17) is 5.73 Å². The van der Waals surface area contributed by atoms with Gasteiger partial charge in [-0.15, -0.1) is 0 Å². The van der Waals surface area contributed by atoms with Crippen molar-refractivity contribution in [2.75, 3.05) is 19.6 Å². The van der Waals surface area contributed by atoms with E-state index in [9.17, 15) is 0 Å². The maximum Gasteiger partial charge on any atom is -0.00485 e. The number of hydrogen-bond donors (Lipinski definition) is 2. The molecule has 0 aliphatic heterocycles. The zero-order valence-corrected chi connectivity index (χ0v) is 13.4. The molecule has 0 aliphatic carbocycles. The standard InChI is InChI=1S/C9H20.C7H18N2/c1-4-5-6-7-8-9(2)3;1-2-6-9-7-4-3-5-8/h9H,4-8H2,1-3H3;9H,2-8H2,1H3. The van der Waals surface area contributed by atoms with E-state index in [-0.39, 0.29) is 0 Å². The van der Waals surface area contributed by atoms with Gasteiger partial charge in [0.2, 0.25) is 0 Å². The predicted octanol–water partition coefficient (Wildman–Crippen LogP) is 4.34. The SMILES string of the molecule is CCCCCCC(C)C.CCCNCCCCN. The molecule has 0 saturated heterocycles. The van der Waals surface area contributed by atoms with Gasteiger partial charge < -0.3 is 11.1 Å². The Morgan fingerprint density at radius 1 is 0.833 bits per heavy atom. The first-order valence-electron chi connectivity index (χ1n) is 8.09. The number of unbranched alkanes of at least 4 members (excludes halogenated alkanes) is 4. The smallest absolute Gasteiger partial charge is 0.00485 e. The number of nitrogens with one attached hydrogen (secondary N) is 1. The van der Waals surface area contributed by atoms with Gasteiger partial charge in [-0.2, -0.15) is 0 Å². The van der Waals surface area contributed by atoms with Crippen molar-refractivity contribution in [1.29, 1.82) is 0 Å². The van der Waals surface area contributed by atoms with Crippen molar-refractivity contribution in [1.82, 2.24) is 5.32 Å². The van der Waals surface area contributed by atoms with Gasteiger partial charge in [-0.1, -0.05) is 59.8 Å². The molecule has 0 aromatic carbocycles. The van der Waals surface area contributed by atoms with Crippen LogP contribution in [0.15, 0.2) is 0 Å². The summed E-state index contributed by atoms with van der Waals surface area (Å²) in [6.45, 7) is 12.1. The van der Waals surface area contributed by atoms with Crippen molar-refractivity contribution in [2.24, 2.45) is 11.7 Å². The van der Waals surface area contributed by atoms with Gasteiger partial charge in [-0.05, 0) is 44.8 Å². The second-order valence-electron chi connectivity index (χ2n) is 5.49. The molecule has 18 heavy (non-hydrogen) atoms. The molecule has 0 bridgehead atoms. The van der Waals surface area contributed by atoms with Crippen molar-refractivity contribution in [2.45, 2.75) is 79.1 Å². The Morgan fingerprint density at radius 3 is 2.06 bits per heavy atom. The zero-order chi connectivity index (χ0) is 14.1. The third-order valence-corrected chi connectivity index (χ3v) is 2.87. The fraction of sp³-hybridized carbons (Fsp3) is 1.00. The van der Waals surface area contributed by atoms with E-state index < -0.39 is 0 Å². The van der Waals surface area contributed by atoms with Crippen LogP contribution in [0.25, 0.3) is 0 Å². The average Bonchev–Trinajstić information content (AvgIpc) is 2.35. The Kier molecular flexibility index (Phi) is 21.7. The van der Waals surface area contributed by atoms with Gasteiger partial charge >= 0.3 is 0 Å². The summed E-state index contributed by atoms with van der Waals surface area (Å²) < 4.78 is 0. The highest BCUT2D eigenvalue weighted by atomic mass is 14.8. The molecule has 0 spiro atoms. The molecule has 0 amide bonds. The molecule has 0 aliphatic rings. The van der Waals surface area contributed by atoms with Crippen LogP contribution >= 0.6 is 0 Å². The van der Waals surface area contributed by atoms with Crippen LogP contribution in [0.4, 0.5) is 0 Å². The molecular formula is C16H38N2. The predicted molar refractivity (Wildman–Crippen MR) is 85.0 cm³/mol. The van der Waals surface area contributed by atoms with Crippen LogP contribution in [0.5, 0.6) is 0 Å². The van der Waals surface area contributed by atoms with E-state index in [0.29, 0.717) is 0 Å². The molecule has 2 nitrogen and oxygen atoms in total. The van der Waals surface area contributed by atoms with Gasteiger partial charge in [-0.25, -0.2) is 0 Å². The quantitative estimate of drug-likeness (QED) is 0.541. The lowest BCUT2D eigenvalue weighted by Crippen LogP contribution is -2.16. The van der Waals surface area contributed by atoms with Crippen molar-refractivity contribution in [3.8, 4) is 0 Å². The van der Waals surface area contributed by atoms with E-state index in [1.807, 2.05) is 0 Å². The number of nitrogens with two attached hydrogens (primary N) is 1. The number of rotatable bonds is 11. The summed E-state index contributed by atoms with van der Waals surface area (Å²) in [5.74, 6) is 0.904. The lowest BCUT2D eigenvalue weighted by Gasteiger charge is -2.01. The monoisotopic (exact) mass is 258 g/mol. The second kappa shape index (κ2) is 19.3. The molecule has 3 N–H and O–H groups in total. The molecule has 0 atom stereocenters. The third-order valence-electron chi connectivity index (χ3n) is 2.87.